The molecule has 2 heterocycles. The van der Waals surface area contributed by atoms with Gasteiger partial charge in [-0.3, -0.25) is 14.4 Å². The minimum absolute atomic E-state index is 0.0453. The average molecular weight is 482 g/mol. The van der Waals surface area contributed by atoms with Crippen molar-refractivity contribution in [1.29, 1.82) is 0 Å². The van der Waals surface area contributed by atoms with Crippen molar-refractivity contribution < 1.29 is 19.1 Å². The van der Waals surface area contributed by atoms with Crippen molar-refractivity contribution in [3.8, 4) is 5.69 Å². The second kappa shape index (κ2) is 9.83. The Morgan fingerprint density at radius 1 is 0.889 bits per heavy atom. The number of carbonyl (C=O) groups is 3. The van der Waals surface area contributed by atoms with Crippen molar-refractivity contribution in [2.24, 2.45) is 0 Å². The van der Waals surface area contributed by atoms with Crippen LogP contribution in [0.15, 0.2) is 83.7 Å². The van der Waals surface area contributed by atoms with Gasteiger partial charge in [-0.1, -0.05) is 42.5 Å². The van der Waals surface area contributed by atoms with Gasteiger partial charge in [-0.2, -0.15) is 9.78 Å². The number of nitrogens with one attached hydrogen (secondary N) is 1. The molecule has 1 saturated heterocycles. The van der Waals surface area contributed by atoms with Crippen LogP contribution in [0.25, 0.3) is 16.5 Å². The topological polar surface area (TPSA) is 111 Å². The lowest BCUT2D eigenvalue weighted by molar-refractivity contribution is -0.119. The number of hydrogen-bond donors (Lipinski definition) is 1. The Labute approximate surface area is 205 Å². The third-order valence-corrected chi connectivity index (χ3v) is 5.85. The van der Waals surface area contributed by atoms with E-state index in [2.05, 4.69) is 10.4 Å². The lowest BCUT2D eigenvalue weighted by atomic mass is 10.1. The molecule has 1 fully saturated rings. The highest BCUT2D eigenvalue weighted by molar-refractivity contribution is 6.03. The molecule has 0 radical (unpaired) electrons. The standard InChI is InChI=1S/C27H22N4O5/c32-23(28-18-8-6-11-20(16-18)30-15-7-14-24(30)33)17-36-27(35)25-21-12-4-5-13-22(21)26(34)31(29-25)19-9-2-1-3-10-19/h1-6,8-13,16H,7,14-15,17H2,(H,28,32). The van der Waals surface area contributed by atoms with Crippen molar-refractivity contribution in [2.75, 3.05) is 23.4 Å². The molecule has 1 aromatic heterocycles. The number of fused-ring (bicyclic) bond motifs is 1. The molecule has 3 aromatic carbocycles. The molecular formula is C27H22N4O5. The van der Waals surface area contributed by atoms with E-state index < -0.39 is 18.5 Å². The molecule has 1 N–H and O–H groups in total. The van der Waals surface area contributed by atoms with Crippen LogP contribution in [0.5, 0.6) is 0 Å². The fourth-order valence-electron chi connectivity index (χ4n) is 4.15. The van der Waals surface area contributed by atoms with Gasteiger partial charge in [0.2, 0.25) is 5.91 Å². The largest absolute Gasteiger partial charge is 0.451 e. The van der Waals surface area contributed by atoms with Crippen LogP contribution in [-0.4, -0.2) is 40.7 Å². The van der Waals surface area contributed by atoms with Gasteiger partial charge in [0.25, 0.3) is 11.5 Å². The number of anilines is 2. The van der Waals surface area contributed by atoms with Gasteiger partial charge in [-0.15, -0.1) is 0 Å². The van der Waals surface area contributed by atoms with Gasteiger partial charge in [-0.05, 0) is 42.8 Å². The molecule has 0 saturated carbocycles. The highest BCUT2D eigenvalue weighted by atomic mass is 16.5. The Morgan fingerprint density at radius 2 is 1.61 bits per heavy atom. The number of hydrogen-bond acceptors (Lipinski definition) is 6. The van der Waals surface area contributed by atoms with E-state index in [4.69, 9.17) is 4.74 Å². The molecule has 9 nitrogen and oxygen atoms in total. The minimum Gasteiger partial charge on any atom is -0.451 e. The summed E-state index contributed by atoms with van der Waals surface area (Å²) in [7, 11) is 0. The molecule has 0 unspecified atom stereocenters. The molecule has 0 bridgehead atoms. The summed E-state index contributed by atoms with van der Waals surface area (Å²) in [5.74, 6) is -1.33. The van der Waals surface area contributed by atoms with Crippen molar-refractivity contribution in [1.82, 2.24) is 9.78 Å². The summed E-state index contributed by atoms with van der Waals surface area (Å²) >= 11 is 0. The molecule has 36 heavy (non-hydrogen) atoms. The zero-order valence-corrected chi connectivity index (χ0v) is 19.2. The van der Waals surface area contributed by atoms with Crippen LogP contribution in [0, 0.1) is 0 Å². The SMILES string of the molecule is O=C(COC(=O)c1nn(-c2ccccc2)c(=O)c2ccccc12)Nc1cccc(N2CCCC2=O)c1. The maximum absolute atomic E-state index is 13.0. The molecular weight excluding hydrogens is 460 g/mol. The minimum atomic E-state index is -0.831. The number of para-hydroxylation sites is 1. The van der Waals surface area contributed by atoms with E-state index in [1.807, 2.05) is 6.07 Å². The summed E-state index contributed by atoms with van der Waals surface area (Å²) in [6.07, 6.45) is 1.30. The van der Waals surface area contributed by atoms with E-state index >= 15 is 0 Å². The third-order valence-electron chi connectivity index (χ3n) is 5.85. The molecule has 0 spiro atoms. The van der Waals surface area contributed by atoms with E-state index in [1.165, 1.54) is 0 Å². The number of amides is 2. The van der Waals surface area contributed by atoms with Gasteiger partial charge in [0.15, 0.2) is 12.3 Å². The van der Waals surface area contributed by atoms with Gasteiger partial charge in [0.1, 0.15) is 0 Å². The summed E-state index contributed by atoms with van der Waals surface area (Å²) in [4.78, 5) is 52.1. The predicted molar refractivity (Wildman–Crippen MR) is 134 cm³/mol. The summed E-state index contributed by atoms with van der Waals surface area (Å²) in [6.45, 7) is 0.0894. The van der Waals surface area contributed by atoms with Gasteiger partial charge in [0.05, 0.1) is 11.1 Å². The molecule has 0 aliphatic carbocycles. The van der Waals surface area contributed by atoms with Crippen LogP contribution < -0.4 is 15.8 Å². The second-order valence-corrected chi connectivity index (χ2v) is 8.27. The Morgan fingerprint density at radius 3 is 2.36 bits per heavy atom. The fraction of sp³-hybridized carbons (Fsp3) is 0.148. The smallest absolute Gasteiger partial charge is 0.359 e. The first-order chi connectivity index (χ1) is 17.5. The van der Waals surface area contributed by atoms with E-state index in [0.29, 0.717) is 40.8 Å². The van der Waals surface area contributed by atoms with Crippen LogP contribution in [0.3, 0.4) is 0 Å². The summed E-state index contributed by atoms with van der Waals surface area (Å²) in [6, 6.07) is 22.3. The maximum atomic E-state index is 13.0. The van der Waals surface area contributed by atoms with Crippen LogP contribution >= 0.6 is 0 Å². The Hall–Kier alpha value is -4.79. The number of rotatable bonds is 6. The first-order valence-electron chi connectivity index (χ1n) is 11.5. The van der Waals surface area contributed by atoms with E-state index in [-0.39, 0.29) is 17.2 Å². The highest BCUT2D eigenvalue weighted by Gasteiger charge is 2.22. The number of ether oxygens (including phenoxy) is 1. The van der Waals surface area contributed by atoms with Gasteiger partial charge in [-0.25, -0.2) is 4.79 Å². The zero-order valence-electron chi connectivity index (χ0n) is 19.2. The van der Waals surface area contributed by atoms with Crippen LogP contribution in [0.4, 0.5) is 11.4 Å². The second-order valence-electron chi connectivity index (χ2n) is 8.27. The highest BCUT2D eigenvalue weighted by Crippen LogP contribution is 2.24. The van der Waals surface area contributed by atoms with Crippen molar-refractivity contribution in [2.45, 2.75) is 12.8 Å². The molecule has 9 heteroatoms. The van der Waals surface area contributed by atoms with Gasteiger partial charge >= 0.3 is 5.97 Å². The van der Waals surface area contributed by atoms with Gasteiger partial charge in [0, 0.05) is 29.7 Å². The van der Waals surface area contributed by atoms with Crippen molar-refractivity contribution in [3.63, 3.8) is 0 Å². The summed E-state index contributed by atoms with van der Waals surface area (Å²) in [5, 5.41) is 7.58. The maximum Gasteiger partial charge on any atom is 0.359 e. The van der Waals surface area contributed by atoms with Crippen molar-refractivity contribution in [3.05, 3.63) is 94.9 Å². The van der Waals surface area contributed by atoms with Crippen LogP contribution in [0.1, 0.15) is 23.3 Å². The first-order valence-corrected chi connectivity index (χ1v) is 11.5. The summed E-state index contributed by atoms with van der Waals surface area (Å²) < 4.78 is 6.40. The molecule has 5 rings (SSSR count). The van der Waals surface area contributed by atoms with Crippen molar-refractivity contribution >= 4 is 39.9 Å². The first kappa shape index (κ1) is 23.0. The fourth-order valence-corrected chi connectivity index (χ4v) is 4.15. The van der Waals surface area contributed by atoms with Crippen LogP contribution in [0.2, 0.25) is 0 Å². The molecule has 1 aliphatic rings. The number of carbonyl (C=O) groups excluding carboxylic acids is 3. The van der Waals surface area contributed by atoms with E-state index in [1.54, 1.807) is 77.7 Å². The number of nitrogens with zero attached hydrogens (tertiary/aromatic N) is 3. The molecule has 180 valence electrons. The van der Waals surface area contributed by atoms with E-state index in [9.17, 15) is 19.2 Å². The molecule has 1 aliphatic heterocycles. The normalized spacial score (nSPS) is 13.1. The number of esters is 1. The predicted octanol–water partition coefficient (Wildman–Crippen LogP) is 3.31. The quantitative estimate of drug-likeness (QED) is 0.422. The Bertz CT molecular complexity index is 1530. The zero-order chi connectivity index (χ0) is 25.1. The lowest BCUT2D eigenvalue weighted by Crippen LogP contribution is -2.27. The molecule has 4 aromatic rings. The van der Waals surface area contributed by atoms with Gasteiger partial charge < -0.3 is 15.0 Å². The van der Waals surface area contributed by atoms with E-state index in [0.717, 1.165) is 11.1 Å². The number of aromatic nitrogens is 2. The Balaban J connectivity index is 1.33. The monoisotopic (exact) mass is 482 g/mol. The average Bonchev–Trinajstić information content (AvgIpc) is 3.34. The molecule has 2 amide bonds. The lowest BCUT2D eigenvalue weighted by Gasteiger charge is -2.16. The number of benzene rings is 3. The molecule has 0 atom stereocenters. The summed E-state index contributed by atoms with van der Waals surface area (Å²) in [5.41, 5.74) is 1.23. The van der Waals surface area contributed by atoms with Crippen LogP contribution in [-0.2, 0) is 14.3 Å². The Kier molecular flexibility index (Phi) is 6.27. The third kappa shape index (κ3) is 4.58.